The minimum atomic E-state index is -0.428. The number of aromatic nitrogens is 1. The normalized spacial score (nSPS) is 12.0. The number of nitrogens with one attached hydrogen (secondary N) is 1. The first-order valence-corrected chi connectivity index (χ1v) is 6.96. The van der Waals surface area contributed by atoms with Crippen molar-refractivity contribution in [3.63, 3.8) is 0 Å². The summed E-state index contributed by atoms with van der Waals surface area (Å²) in [5.41, 5.74) is 1.38. The lowest BCUT2D eigenvalue weighted by atomic mass is 10.1. The van der Waals surface area contributed by atoms with E-state index in [4.69, 9.17) is 23.2 Å². The molecule has 5 nitrogen and oxygen atoms in total. The van der Waals surface area contributed by atoms with Crippen LogP contribution in [0, 0.1) is 17.0 Å². The van der Waals surface area contributed by atoms with Crippen molar-refractivity contribution in [2.45, 2.75) is 19.9 Å². The fraction of sp³-hybridized carbons (Fsp3) is 0.214. The molecule has 0 radical (unpaired) electrons. The molecule has 0 amide bonds. The van der Waals surface area contributed by atoms with Crippen molar-refractivity contribution < 1.29 is 4.92 Å². The highest BCUT2D eigenvalue weighted by Crippen LogP contribution is 2.29. The van der Waals surface area contributed by atoms with Gasteiger partial charge in [-0.2, -0.15) is 0 Å². The summed E-state index contributed by atoms with van der Waals surface area (Å²) in [5.74, 6) is 0.422. The Hall–Kier alpha value is -1.85. The summed E-state index contributed by atoms with van der Waals surface area (Å²) in [6.07, 6.45) is 1.47. The van der Waals surface area contributed by atoms with Crippen molar-refractivity contribution in [2.24, 2.45) is 0 Å². The lowest BCUT2D eigenvalue weighted by Crippen LogP contribution is -2.09. The number of aryl methyl sites for hydroxylation is 1. The van der Waals surface area contributed by atoms with E-state index in [-0.39, 0.29) is 11.7 Å². The van der Waals surface area contributed by atoms with Crippen LogP contribution < -0.4 is 5.32 Å². The molecule has 0 bridgehead atoms. The number of benzene rings is 1. The van der Waals surface area contributed by atoms with Crippen LogP contribution in [0.2, 0.25) is 10.0 Å². The van der Waals surface area contributed by atoms with Crippen LogP contribution in [0.4, 0.5) is 11.5 Å². The van der Waals surface area contributed by atoms with Gasteiger partial charge in [0.1, 0.15) is 5.82 Å². The smallest absolute Gasteiger partial charge is 0.277 e. The Labute approximate surface area is 132 Å². The summed E-state index contributed by atoms with van der Waals surface area (Å²) in [6, 6.07) is 6.46. The number of nitro groups is 1. The maximum absolute atomic E-state index is 10.9. The largest absolute Gasteiger partial charge is 0.363 e. The highest BCUT2D eigenvalue weighted by molar-refractivity contribution is 6.35. The average Bonchev–Trinajstić information content (AvgIpc) is 2.40. The molecular weight excluding hydrogens is 313 g/mol. The molecule has 2 aromatic rings. The summed E-state index contributed by atoms with van der Waals surface area (Å²) in [7, 11) is 0. The lowest BCUT2D eigenvalue weighted by molar-refractivity contribution is -0.385. The van der Waals surface area contributed by atoms with E-state index >= 15 is 0 Å². The molecule has 1 aromatic heterocycles. The van der Waals surface area contributed by atoms with Crippen LogP contribution in [-0.2, 0) is 0 Å². The molecule has 0 fully saturated rings. The molecule has 0 saturated carbocycles. The first kappa shape index (κ1) is 15.5. The second-order valence-corrected chi connectivity index (χ2v) is 5.49. The number of halogens is 2. The van der Waals surface area contributed by atoms with E-state index in [9.17, 15) is 10.1 Å². The Bertz CT molecular complexity index is 692. The van der Waals surface area contributed by atoms with Gasteiger partial charge in [0, 0.05) is 21.8 Å². The average molecular weight is 326 g/mol. The number of nitrogens with zero attached hydrogens (tertiary/aromatic N) is 2. The van der Waals surface area contributed by atoms with Gasteiger partial charge in [-0.15, -0.1) is 0 Å². The van der Waals surface area contributed by atoms with Gasteiger partial charge in [0.05, 0.1) is 17.0 Å². The van der Waals surface area contributed by atoms with Crippen molar-refractivity contribution in [3.8, 4) is 0 Å². The van der Waals surface area contributed by atoms with Crippen molar-refractivity contribution in [2.75, 3.05) is 5.32 Å². The van der Waals surface area contributed by atoms with E-state index in [2.05, 4.69) is 10.3 Å². The molecule has 1 unspecified atom stereocenters. The van der Waals surface area contributed by atoms with Gasteiger partial charge in [-0.25, -0.2) is 4.98 Å². The standard InChI is InChI=1S/C14H13Cl2N3O2/c1-8-7-17-14(6-13(8)19(20)21)18-9(2)11-4-3-10(15)5-12(11)16/h3-7,9H,1-2H3,(H,17,18). The minimum absolute atomic E-state index is 0.0295. The third-order valence-corrected chi connectivity index (χ3v) is 3.63. The zero-order valence-corrected chi connectivity index (χ0v) is 12.9. The van der Waals surface area contributed by atoms with Gasteiger partial charge in [0.15, 0.2) is 0 Å². The summed E-state index contributed by atoms with van der Waals surface area (Å²) in [4.78, 5) is 14.7. The maximum atomic E-state index is 10.9. The highest BCUT2D eigenvalue weighted by Gasteiger charge is 2.15. The van der Waals surface area contributed by atoms with Crippen LogP contribution in [0.3, 0.4) is 0 Å². The van der Waals surface area contributed by atoms with Gasteiger partial charge >= 0.3 is 0 Å². The molecule has 0 saturated heterocycles. The quantitative estimate of drug-likeness (QED) is 0.648. The van der Waals surface area contributed by atoms with E-state index in [1.165, 1.54) is 12.3 Å². The topological polar surface area (TPSA) is 68.1 Å². The van der Waals surface area contributed by atoms with E-state index < -0.39 is 4.92 Å². The van der Waals surface area contributed by atoms with Crippen LogP contribution in [-0.4, -0.2) is 9.91 Å². The van der Waals surface area contributed by atoms with Crippen molar-refractivity contribution in [3.05, 3.63) is 61.7 Å². The zero-order chi connectivity index (χ0) is 15.6. The van der Waals surface area contributed by atoms with E-state index in [0.717, 1.165) is 5.56 Å². The van der Waals surface area contributed by atoms with E-state index in [0.29, 0.717) is 21.4 Å². The number of hydrogen-bond donors (Lipinski definition) is 1. The number of rotatable bonds is 4. The molecule has 1 atom stereocenters. The summed E-state index contributed by atoms with van der Waals surface area (Å²) in [6.45, 7) is 3.54. The first-order chi connectivity index (χ1) is 9.88. The molecule has 0 aliphatic carbocycles. The Balaban J connectivity index is 2.25. The first-order valence-electron chi connectivity index (χ1n) is 6.21. The van der Waals surface area contributed by atoms with Crippen LogP contribution >= 0.6 is 23.2 Å². The van der Waals surface area contributed by atoms with E-state index in [1.54, 1.807) is 19.1 Å². The summed E-state index contributed by atoms with van der Waals surface area (Å²) < 4.78 is 0. The third kappa shape index (κ3) is 3.62. The SMILES string of the molecule is Cc1cnc(NC(C)c2ccc(Cl)cc2Cl)cc1[N+](=O)[O-]. The molecule has 21 heavy (non-hydrogen) atoms. The van der Waals surface area contributed by atoms with E-state index in [1.807, 2.05) is 13.0 Å². The molecule has 0 aliphatic heterocycles. The second-order valence-electron chi connectivity index (χ2n) is 4.65. The molecule has 0 spiro atoms. The molecule has 2 rings (SSSR count). The molecule has 0 aliphatic rings. The van der Waals surface area contributed by atoms with Crippen LogP contribution in [0.1, 0.15) is 24.1 Å². The van der Waals surface area contributed by atoms with Gasteiger partial charge in [-0.3, -0.25) is 10.1 Å². The second kappa shape index (κ2) is 6.28. The zero-order valence-electron chi connectivity index (χ0n) is 11.4. The summed E-state index contributed by atoms with van der Waals surface area (Å²) in [5, 5.41) is 15.1. The molecule has 110 valence electrons. The van der Waals surface area contributed by atoms with Crippen LogP contribution in [0.25, 0.3) is 0 Å². The summed E-state index contributed by atoms with van der Waals surface area (Å²) >= 11 is 12.0. The number of hydrogen-bond acceptors (Lipinski definition) is 4. The highest BCUT2D eigenvalue weighted by atomic mass is 35.5. The fourth-order valence-corrected chi connectivity index (χ4v) is 2.51. The Morgan fingerprint density at radius 1 is 1.33 bits per heavy atom. The van der Waals surface area contributed by atoms with Gasteiger partial charge in [0.25, 0.3) is 5.69 Å². The fourth-order valence-electron chi connectivity index (χ4n) is 1.94. The molecule has 1 aromatic carbocycles. The molecule has 1 heterocycles. The maximum Gasteiger partial charge on any atom is 0.277 e. The predicted octanol–water partition coefficient (Wildman–Crippen LogP) is 4.78. The molecule has 7 heteroatoms. The molecular formula is C14H13Cl2N3O2. The van der Waals surface area contributed by atoms with Gasteiger partial charge in [0.2, 0.25) is 0 Å². The lowest BCUT2D eigenvalue weighted by Gasteiger charge is -2.16. The molecule has 1 N–H and O–H groups in total. The van der Waals surface area contributed by atoms with Gasteiger partial charge in [-0.05, 0) is 31.5 Å². The van der Waals surface area contributed by atoms with Crippen LogP contribution in [0.15, 0.2) is 30.5 Å². The number of pyridine rings is 1. The Morgan fingerprint density at radius 3 is 2.67 bits per heavy atom. The number of anilines is 1. The van der Waals surface area contributed by atoms with Crippen molar-refractivity contribution >= 4 is 34.7 Å². The van der Waals surface area contributed by atoms with Gasteiger partial charge in [-0.1, -0.05) is 29.3 Å². The monoisotopic (exact) mass is 325 g/mol. The minimum Gasteiger partial charge on any atom is -0.363 e. The predicted molar refractivity (Wildman–Crippen MR) is 84.1 cm³/mol. The van der Waals surface area contributed by atoms with Gasteiger partial charge < -0.3 is 5.32 Å². The van der Waals surface area contributed by atoms with Crippen molar-refractivity contribution in [1.82, 2.24) is 4.98 Å². The van der Waals surface area contributed by atoms with Crippen LogP contribution in [0.5, 0.6) is 0 Å². The Morgan fingerprint density at radius 2 is 2.05 bits per heavy atom. The third-order valence-electron chi connectivity index (χ3n) is 3.06. The van der Waals surface area contributed by atoms with Crippen molar-refractivity contribution in [1.29, 1.82) is 0 Å². The Kier molecular flexibility index (Phi) is 4.65.